The van der Waals surface area contributed by atoms with E-state index in [0.29, 0.717) is 11.4 Å². The first kappa shape index (κ1) is 16.2. The van der Waals surface area contributed by atoms with Crippen molar-refractivity contribution in [1.29, 1.82) is 0 Å². The first-order valence-corrected chi connectivity index (χ1v) is 8.82. The molecule has 0 radical (unpaired) electrons. The first-order valence-electron chi connectivity index (χ1n) is 6.59. The van der Waals surface area contributed by atoms with Crippen LogP contribution in [0.1, 0.15) is 16.7 Å². The molecule has 0 aliphatic carbocycles. The fraction of sp³-hybridized carbons (Fsp3) is 0.250. The van der Waals surface area contributed by atoms with Crippen LogP contribution in [-0.2, 0) is 16.6 Å². The summed E-state index contributed by atoms with van der Waals surface area (Å²) >= 11 is 3.45. The molecule has 3 nitrogen and oxygen atoms in total. The van der Waals surface area contributed by atoms with Crippen LogP contribution in [0.3, 0.4) is 0 Å². The van der Waals surface area contributed by atoms with Crippen LogP contribution in [0, 0.1) is 13.8 Å². The minimum absolute atomic E-state index is 0.330. The molecule has 0 fully saturated rings. The Morgan fingerprint density at radius 1 is 1.05 bits per heavy atom. The summed E-state index contributed by atoms with van der Waals surface area (Å²) in [6, 6.07) is 12.9. The van der Waals surface area contributed by atoms with Gasteiger partial charge in [0.2, 0.25) is 10.0 Å². The third kappa shape index (κ3) is 3.54. The molecule has 0 saturated carbocycles. The molecule has 0 bridgehead atoms. The summed E-state index contributed by atoms with van der Waals surface area (Å²) in [6.45, 7) is 4.22. The summed E-state index contributed by atoms with van der Waals surface area (Å²) in [6.07, 6.45) is 0. The molecular formula is C16H18BrNO2S. The van der Waals surface area contributed by atoms with Gasteiger partial charge in [-0.15, -0.1) is 0 Å². The molecule has 2 aromatic carbocycles. The molecule has 0 amide bonds. The van der Waals surface area contributed by atoms with Crippen LogP contribution in [0.5, 0.6) is 0 Å². The summed E-state index contributed by atoms with van der Waals surface area (Å²) in [5.41, 5.74) is 3.00. The average molecular weight is 368 g/mol. The summed E-state index contributed by atoms with van der Waals surface area (Å²) < 4.78 is 27.5. The van der Waals surface area contributed by atoms with E-state index in [1.54, 1.807) is 19.2 Å². The molecule has 112 valence electrons. The van der Waals surface area contributed by atoms with Gasteiger partial charge < -0.3 is 0 Å². The Labute approximate surface area is 134 Å². The molecule has 0 heterocycles. The third-order valence-corrected chi connectivity index (χ3v) is 6.11. The maximum Gasteiger partial charge on any atom is 0.243 e. The first-order chi connectivity index (χ1) is 9.82. The van der Waals surface area contributed by atoms with Crippen molar-refractivity contribution in [2.75, 3.05) is 7.05 Å². The van der Waals surface area contributed by atoms with Crippen LogP contribution in [0.4, 0.5) is 0 Å². The van der Waals surface area contributed by atoms with E-state index >= 15 is 0 Å². The van der Waals surface area contributed by atoms with E-state index in [4.69, 9.17) is 0 Å². The normalized spacial score (nSPS) is 11.9. The summed E-state index contributed by atoms with van der Waals surface area (Å²) in [5.74, 6) is 0. The Morgan fingerprint density at radius 2 is 1.71 bits per heavy atom. The van der Waals surface area contributed by atoms with Crippen molar-refractivity contribution in [2.45, 2.75) is 25.3 Å². The Hall–Kier alpha value is -1.17. The van der Waals surface area contributed by atoms with Crippen LogP contribution in [0.25, 0.3) is 0 Å². The molecule has 0 aliphatic rings. The second-order valence-electron chi connectivity index (χ2n) is 5.10. The lowest BCUT2D eigenvalue weighted by Gasteiger charge is -2.18. The summed E-state index contributed by atoms with van der Waals surface area (Å²) in [4.78, 5) is 0.333. The molecule has 0 N–H and O–H groups in total. The van der Waals surface area contributed by atoms with E-state index in [1.807, 2.05) is 44.2 Å². The van der Waals surface area contributed by atoms with Gasteiger partial charge in [0.15, 0.2) is 0 Å². The Kier molecular flexibility index (Phi) is 4.86. The van der Waals surface area contributed by atoms with Gasteiger partial charge in [0, 0.05) is 18.1 Å². The number of nitrogens with zero attached hydrogens (tertiary/aromatic N) is 1. The summed E-state index contributed by atoms with van der Waals surface area (Å²) in [7, 11) is -1.88. The van der Waals surface area contributed by atoms with Crippen LogP contribution in [0.15, 0.2) is 51.8 Å². The predicted octanol–water partition coefficient (Wildman–Crippen LogP) is 3.89. The SMILES string of the molecule is Cc1ccc(S(=O)(=O)N(C)Cc2ccccc2Br)cc1C. The number of hydrogen-bond acceptors (Lipinski definition) is 2. The molecule has 0 saturated heterocycles. The highest BCUT2D eigenvalue weighted by Crippen LogP contribution is 2.22. The van der Waals surface area contributed by atoms with Crippen molar-refractivity contribution in [3.63, 3.8) is 0 Å². The number of halogens is 1. The van der Waals surface area contributed by atoms with Gasteiger partial charge in [0.25, 0.3) is 0 Å². The van der Waals surface area contributed by atoms with E-state index < -0.39 is 10.0 Å². The van der Waals surface area contributed by atoms with Gasteiger partial charge in [0.05, 0.1) is 4.90 Å². The number of rotatable bonds is 4. The van der Waals surface area contributed by atoms with E-state index in [9.17, 15) is 8.42 Å². The summed E-state index contributed by atoms with van der Waals surface area (Å²) in [5, 5.41) is 0. The van der Waals surface area contributed by atoms with Crippen LogP contribution < -0.4 is 0 Å². The zero-order valence-electron chi connectivity index (χ0n) is 12.3. The van der Waals surface area contributed by atoms with Crippen molar-refractivity contribution in [3.05, 3.63) is 63.6 Å². The van der Waals surface area contributed by atoms with E-state index in [2.05, 4.69) is 15.9 Å². The zero-order chi connectivity index (χ0) is 15.6. The van der Waals surface area contributed by atoms with Crippen molar-refractivity contribution in [3.8, 4) is 0 Å². The van der Waals surface area contributed by atoms with E-state index in [-0.39, 0.29) is 0 Å². The topological polar surface area (TPSA) is 37.4 Å². The minimum Gasteiger partial charge on any atom is -0.207 e. The largest absolute Gasteiger partial charge is 0.243 e. The molecule has 0 unspecified atom stereocenters. The zero-order valence-corrected chi connectivity index (χ0v) is 14.7. The maximum absolute atomic E-state index is 12.6. The monoisotopic (exact) mass is 367 g/mol. The predicted molar refractivity (Wildman–Crippen MR) is 88.7 cm³/mol. The van der Waals surface area contributed by atoms with Crippen molar-refractivity contribution < 1.29 is 8.42 Å². The van der Waals surface area contributed by atoms with Crippen molar-refractivity contribution in [1.82, 2.24) is 4.31 Å². The van der Waals surface area contributed by atoms with Crippen LogP contribution in [0.2, 0.25) is 0 Å². The second kappa shape index (κ2) is 6.30. The Balaban J connectivity index is 2.30. The van der Waals surface area contributed by atoms with Gasteiger partial charge in [-0.1, -0.05) is 40.2 Å². The number of benzene rings is 2. The Bertz CT molecular complexity index is 757. The van der Waals surface area contributed by atoms with E-state index in [1.165, 1.54) is 4.31 Å². The van der Waals surface area contributed by atoms with Gasteiger partial charge in [-0.3, -0.25) is 0 Å². The van der Waals surface area contributed by atoms with Crippen molar-refractivity contribution in [2.24, 2.45) is 0 Å². The highest BCUT2D eigenvalue weighted by Gasteiger charge is 2.21. The van der Waals surface area contributed by atoms with Gasteiger partial charge in [-0.25, -0.2) is 8.42 Å². The lowest BCUT2D eigenvalue weighted by molar-refractivity contribution is 0.466. The molecule has 0 aliphatic heterocycles. The second-order valence-corrected chi connectivity index (χ2v) is 8.00. The van der Waals surface area contributed by atoms with Crippen LogP contribution >= 0.6 is 15.9 Å². The smallest absolute Gasteiger partial charge is 0.207 e. The fourth-order valence-corrected chi connectivity index (χ4v) is 3.65. The maximum atomic E-state index is 12.6. The molecule has 0 spiro atoms. The van der Waals surface area contributed by atoms with Gasteiger partial charge in [-0.2, -0.15) is 4.31 Å². The third-order valence-electron chi connectivity index (χ3n) is 3.54. The standard InChI is InChI=1S/C16H18BrNO2S/c1-12-8-9-15(10-13(12)2)21(19,20)18(3)11-14-6-4-5-7-16(14)17/h4-10H,11H2,1-3H3. The van der Waals surface area contributed by atoms with E-state index in [0.717, 1.165) is 21.2 Å². The molecule has 5 heteroatoms. The van der Waals surface area contributed by atoms with Gasteiger partial charge >= 0.3 is 0 Å². The average Bonchev–Trinajstić information content (AvgIpc) is 2.44. The van der Waals surface area contributed by atoms with Gasteiger partial charge in [-0.05, 0) is 48.7 Å². The molecule has 2 rings (SSSR count). The van der Waals surface area contributed by atoms with Crippen LogP contribution in [-0.4, -0.2) is 19.8 Å². The molecule has 0 aromatic heterocycles. The highest BCUT2D eigenvalue weighted by molar-refractivity contribution is 9.10. The lowest BCUT2D eigenvalue weighted by atomic mass is 10.1. The highest BCUT2D eigenvalue weighted by atomic mass is 79.9. The van der Waals surface area contributed by atoms with Crippen molar-refractivity contribution >= 4 is 26.0 Å². The molecule has 0 atom stereocenters. The molecular weight excluding hydrogens is 350 g/mol. The number of sulfonamides is 1. The Morgan fingerprint density at radius 3 is 2.33 bits per heavy atom. The lowest BCUT2D eigenvalue weighted by Crippen LogP contribution is -2.26. The number of hydrogen-bond donors (Lipinski definition) is 0. The van der Waals surface area contributed by atoms with Gasteiger partial charge in [0.1, 0.15) is 0 Å². The quantitative estimate of drug-likeness (QED) is 0.821. The molecule has 21 heavy (non-hydrogen) atoms. The number of aryl methyl sites for hydroxylation is 2. The molecule has 2 aromatic rings. The fourth-order valence-electron chi connectivity index (χ4n) is 2.01. The minimum atomic E-state index is -3.48.